The standard InChI is InChI=1S/C31H39ClN2O7S/c1-40-17-24(42(33,38)39)5-2-6-28(35)25-10-7-22(25)16-34-18-31(13-3-4-20-14-23(32)9-11-26(20)31)19-41-29-12-8-21(30(36)37)15-27(29)34/h2,6,8-9,11-12,14-15,22,24-25,28,35H,3-5,7,10,13,16-19H2,1H3,(H,36,37)(H2,33,38,39)/b6-2+/t22-,24?,25+,28?,31-/m0/s1. The average molecular weight is 619 g/mol. The van der Waals surface area contributed by atoms with Gasteiger partial charge >= 0.3 is 5.97 Å². The molecule has 0 aromatic heterocycles. The molecule has 5 rings (SSSR count). The van der Waals surface area contributed by atoms with E-state index in [1.807, 2.05) is 12.1 Å². The van der Waals surface area contributed by atoms with E-state index in [4.69, 9.17) is 26.2 Å². The van der Waals surface area contributed by atoms with Gasteiger partial charge in [-0.3, -0.25) is 0 Å². The number of carboxylic acid groups (broad SMARTS) is 1. The van der Waals surface area contributed by atoms with Crippen LogP contribution in [0.4, 0.5) is 5.69 Å². The lowest BCUT2D eigenvalue weighted by Gasteiger charge is -2.45. The number of aromatic carboxylic acids is 1. The van der Waals surface area contributed by atoms with Gasteiger partial charge in [0.05, 0.1) is 30.6 Å². The molecule has 1 aliphatic heterocycles. The summed E-state index contributed by atoms with van der Waals surface area (Å²) in [5.41, 5.74) is 3.11. The van der Waals surface area contributed by atoms with Crippen molar-refractivity contribution >= 4 is 33.3 Å². The number of allylic oxidation sites excluding steroid dienone is 1. The van der Waals surface area contributed by atoms with Crippen LogP contribution in [0.15, 0.2) is 48.6 Å². The summed E-state index contributed by atoms with van der Waals surface area (Å²) in [6.07, 6.45) is 7.39. The van der Waals surface area contributed by atoms with Gasteiger partial charge in [0.15, 0.2) is 0 Å². The van der Waals surface area contributed by atoms with Gasteiger partial charge in [0, 0.05) is 30.6 Å². The predicted octanol–water partition coefficient (Wildman–Crippen LogP) is 4.15. The monoisotopic (exact) mass is 618 g/mol. The number of methoxy groups -OCH3 is 1. The summed E-state index contributed by atoms with van der Waals surface area (Å²) in [5, 5.41) is 25.9. The number of hydrogen-bond donors (Lipinski definition) is 3. The zero-order valence-corrected chi connectivity index (χ0v) is 25.3. The number of halogens is 1. The Balaban J connectivity index is 1.39. The molecular formula is C31H39ClN2O7S. The molecule has 0 saturated heterocycles. The van der Waals surface area contributed by atoms with Gasteiger partial charge in [-0.05, 0) is 91.8 Å². The quantitative estimate of drug-likeness (QED) is 0.338. The van der Waals surface area contributed by atoms with Crippen molar-refractivity contribution in [3.63, 3.8) is 0 Å². The Morgan fingerprint density at radius 1 is 1.29 bits per heavy atom. The highest BCUT2D eigenvalue weighted by Gasteiger charge is 2.44. The van der Waals surface area contributed by atoms with Crippen LogP contribution in [-0.4, -0.2) is 69.4 Å². The Hall–Kier alpha value is -2.63. The van der Waals surface area contributed by atoms with E-state index < -0.39 is 27.3 Å². The minimum atomic E-state index is -3.77. The molecule has 5 atom stereocenters. The summed E-state index contributed by atoms with van der Waals surface area (Å²) >= 11 is 6.35. The van der Waals surface area contributed by atoms with Crippen molar-refractivity contribution in [2.45, 2.75) is 55.3 Å². The zero-order chi connectivity index (χ0) is 30.1. The predicted molar refractivity (Wildman–Crippen MR) is 162 cm³/mol. The number of benzene rings is 2. The summed E-state index contributed by atoms with van der Waals surface area (Å²) in [6, 6.07) is 11.1. The molecule has 1 fully saturated rings. The highest BCUT2D eigenvalue weighted by Crippen LogP contribution is 2.46. The number of primary sulfonamides is 1. The molecule has 2 aromatic rings. The maximum atomic E-state index is 11.9. The molecule has 2 aromatic carbocycles. The molecule has 228 valence electrons. The minimum Gasteiger partial charge on any atom is -0.490 e. The number of aryl methyl sites for hydroxylation is 1. The fraction of sp³-hybridized carbons (Fsp3) is 0.516. The molecular weight excluding hydrogens is 580 g/mol. The average Bonchev–Trinajstić information content (AvgIpc) is 3.07. The Labute approximate surface area is 252 Å². The molecule has 0 radical (unpaired) electrons. The van der Waals surface area contributed by atoms with Crippen molar-refractivity contribution in [1.29, 1.82) is 0 Å². The van der Waals surface area contributed by atoms with E-state index in [9.17, 15) is 23.4 Å². The number of anilines is 1. The van der Waals surface area contributed by atoms with Crippen LogP contribution in [0.2, 0.25) is 5.02 Å². The van der Waals surface area contributed by atoms with Crippen molar-refractivity contribution in [3.05, 3.63) is 70.3 Å². The summed E-state index contributed by atoms with van der Waals surface area (Å²) in [7, 11) is -2.35. The van der Waals surface area contributed by atoms with Crippen LogP contribution in [0, 0.1) is 11.8 Å². The van der Waals surface area contributed by atoms with Gasteiger partial charge in [-0.25, -0.2) is 18.4 Å². The van der Waals surface area contributed by atoms with Crippen LogP contribution in [-0.2, 0) is 26.6 Å². The lowest BCUT2D eigenvalue weighted by molar-refractivity contribution is 0.0456. The van der Waals surface area contributed by atoms with E-state index in [0.717, 1.165) is 37.8 Å². The van der Waals surface area contributed by atoms with Gasteiger partial charge < -0.3 is 24.6 Å². The summed E-state index contributed by atoms with van der Waals surface area (Å²) < 4.78 is 35.1. The van der Waals surface area contributed by atoms with Crippen LogP contribution in [0.25, 0.3) is 0 Å². The Bertz CT molecular complexity index is 1450. The molecule has 11 heteroatoms. The lowest BCUT2D eigenvalue weighted by Crippen LogP contribution is -2.49. The zero-order valence-electron chi connectivity index (χ0n) is 23.7. The van der Waals surface area contributed by atoms with Gasteiger partial charge in [0.2, 0.25) is 10.0 Å². The van der Waals surface area contributed by atoms with Crippen LogP contribution in [0.1, 0.15) is 53.6 Å². The number of carboxylic acids is 1. The first kappa shape index (κ1) is 30.8. The number of carbonyl (C=O) groups is 1. The van der Waals surface area contributed by atoms with Crippen LogP contribution >= 0.6 is 11.6 Å². The molecule has 1 spiro atoms. The molecule has 2 unspecified atom stereocenters. The van der Waals surface area contributed by atoms with Crippen molar-refractivity contribution in [1.82, 2.24) is 0 Å². The third-order valence-electron chi connectivity index (χ3n) is 9.20. The number of ether oxygens (including phenoxy) is 2. The minimum absolute atomic E-state index is 0.0136. The summed E-state index contributed by atoms with van der Waals surface area (Å²) in [6.45, 7) is 1.74. The maximum Gasteiger partial charge on any atom is 0.335 e. The number of nitrogens with two attached hydrogens (primary N) is 1. The van der Waals surface area contributed by atoms with Crippen molar-refractivity contribution < 1.29 is 32.9 Å². The first-order valence-electron chi connectivity index (χ1n) is 14.4. The fourth-order valence-electron chi connectivity index (χ4n) is 6.80. The Kier molecular flexibility index (Phi) is 9.20. The highest BCUT2D eigenvalue weighted by molar-refractivity contribution is 7.89. The van der Waals surface area contributed by atoms with Gasteiger partial charge in [-0.2, -0.15) is 0 Å². The van der Waals surface area contributed by atoms with E-state index in [0.29, 0.717) is 30.5 Å². The number of rotatable bonds is 10. The van der Waals surface area contributed by atoms with E-state index in [1.165, 1.54) is 18.2 Å². The van der Waals surface area contributed by atoms with Crippen LogP contribution in [0.5, 0.6) is 5.75 Å². The fourth-order valence-corrected chi connectivity index (χ4v) is 7.70. The topological polar surface area (TPSA) is 139 Å². The molecule has 1 saturated carbocycles. The van der Waals surface area contributed by atoms with Crippen molar-refractivity contribution in [2.24, 2.45) is 17.0 Å². The summed E-state index contributed by atoms with van der Waals surface area (Å²) in [5.74, 6) is -0.202. The van der Waals surface area contributed by atoms with Gasteiger partial charge in [-0.1, -0.05) is 29.8 Å². The van der Waals surface area contributed by atoms with Gasteiger partial charge in [0.1, 0.15) is 11.0 Å². The maximum absolute atomic E-state index is 11.9. The molecule has 42 heavy (non-hydrogen) atoms. The molecule has 0 bridgehead atoms. The Morgan fingerprint density at radius 3 is 2.79 bits per heavy atom. The number of sulfonamides is 1. The van der Waals surface area contributed by atoms with E-state index in [1.54, 1.807) is 30.4 Å². The molecule has 0 amide bonds. The number of aliphatic hydroxyl groups is 1. The molecule has 1 heterocycles. The van der Waals surface area contributed by atoms with Crippen molar-refractivity contribution in [2.75, 3.05) is 38.3 Å². The SMILES string of the molecule is COCC(C/C=C/C(O)[C@@H]1CC[C@H]1CN1C[C@@]2(CCCc3cc(Cl)ccc32)COc2ccc(C(=O)O)cc21)S(N)(=O)=O. The lowest BCUT2D eigenvalue weighted by atomic mass is 9.68. The second kappa shape index (κ2) is 12.5. The third-order valence-corrected chi connectivity index (χ3v) is 10.7. The Morgan fingerprint density at radius 2 is 2.10 bits per heavy atom. The van der Waals surface area contributed by atoms with E-state index in [-0.39, 0.29) is 35.8 Å². The van der Waals surface area contributed by atoms with Gasteiger partial charge in [-0.15, -0.1) is 0 Å². The molecule has 3 aliphatic rings. The van der Waals surface area contributed by atoms with Crippen molar-refractivity contribution in [3.8, 4) is 5.75 Å². The number of fused-ring (bicyclic) bond motifs is 3. The summed E-state index contributed by atoms with van der Waals surface area (Å²) in [4.78, 5) is 14.1. The largest absolute Gasteiger partial charge is 0.490 e. The second-order valence-corrected chi connectivity index (χ2v) is 14.2. The number of nitrogens with zero attached hydrogens (tertiary/aromatic N) is 1. The molecule has 9 nitrogen and oxygen atoms in total. The first-order valence-corrected chi connectivity index (χ1v) is 16.4. The van der Waals surface area contributed by atoms with E-state index >= 15 is 0 Å². The number of hydrogen-bond acceptors (Lipinski definition) is 7. The molecule has 4 N–H and O–H groups in total. The van der Waals surface area contributed by atoms with E-state index in [2.05, 4.69) is 11.0 Å². The number of aliphatic hydroxyl groups excluding tert-OH is 1. The first-order chi connectivity index (χ1) is 20.0. The smallest absolute Gasteiger partial charge is 0.335 e. The molecule has 2 aliphatic carbocycles. The second-order valence-electron chi connectivity index (χ2n) is 11.9. The normalized spacial score (nSPS) is 25.2. The highest BCUT2D eigenvalue weighted by atomic mass is 35.5. The van der Waals surface area contributed by atoms with Crippen LogP contribution < -0.4 is 14.8 Å². The van der Waals surface area contributed by atoms with Gasteiger partial charge in [0.25, 0.3) is 0 Å². The third kappa shape index (κ3) is 6.48. The van der Waals surface area contributed by atoms with Crippen LogP contribution in [0.3, 0.4) is 0 Å².